The second kappa shape index (κ2) is 7.98. The number of benzene rings is 1. The predicted molar refractivity (Wildman–Crippen MR) is 97.2 cm³/mol. The fourth-order valence-corrected chi connectivity index (χ4v) is 2.57. The maximum atomic E-state index is 12.3. The Morgan fingerprint density at radius 3 is 2.56 bits per heavy atom. The van der Waals surface area contributed by atoms with Gasteiger partial charge in [0.2, 0.25) is 0 Å². The van der Waals surface area contributed by atoms with Crippen LogP contribution in [0.1, 0.15) is 12.5 Å². The normalized spacial score (nSPS) is 15.5. The van der Waals surface area contributed by atoms with Crippen LogP contribution in [0.2, 0.25) is 0 Å². The molecule has 1 unspecified atom stereocenters. The summed E-state index contributed by atoms with van der Waals surface area (Å²) in [5.74, 6) is 0.956. The number of amides is 1. The molecule has 1 aromatic heterocycles. The lowest BCUT2D eigenvalue weighted by Gasteiger charge is -2.28. The maximum absolute atomic E-state index is 12.3. The van der Waals surface area contributed by atoms with Crippen molar-refractivity contribution in [2.24, 2.45) is 0 Å². The van der Waals surface area contributed by atoms with E-state index in [4.69, 9.17) is 9.47 Å². The lowest BCUT2D eigenvalue weighted by atomic mass is 10.2. The van der Waals surface area contributed by atoms with Gasteiger partial charge in [0.1, 0.15) is 11.6 Å². The van der Waals surface area contributed by atoms with E-state index in [-0.39, 0.29) is 5.91 Å². The molecule has 0 spiro atoms. The second-order valence-electron chi connectivity index (χ2n) is 6.06. The van der Waals surface area contributed by atoms with Gasteiger partial charge in [0, 0.05) is 13.1 Å². The quantitative estimate of drug-likeness (QED) is 0.906. The van der Waals surface area contributed by atoms with Gasteiger partial charge in [0.15, 0.2) is 6.10 Å². The van der Waals surface area contributed by atoms with E-state index in [0.717, 1.165) is 37.6 Å². The monoisotopic (exact) mass is 341 g/mol. The summed E-state index contributed by atoms with van der Waals surface area (Å²) in [5.41, 5.74) is 2.18. The predicted octanol–water partition coefficient (Wildman–Crippen LogP) is 2.63. The zero-order chi connectivity index (χ0) is 17.6. The molecule has 1 aliphatic heterocycles. The van der Waals surface area contributed by atoms with Crippen LogP contribution in [-0.4, -0.2) is 43.3 Å². The van der Waals surface area contributed by atoms with E-state index in [2.05, 4.69) is 15.2 Å². The smallest absolute Gasteiger partial charge is 0.266 e. The van der Waals surface area contributed by atoms with Crippen LogP contribution in [0.25, 0.3) is 0 Å². The van der Waals surface area contributed by atoms with Crippen LogP contribution >= 0.6 is 0 Å². The molecule has 1 N–H and O–H groups in total. The van der Waals surface area contributed by atoms with E-state index in [9.17, 15) is 4.79 Å². The fourth-order valence-electron chi connectivity index (χ4n) is 2.57. The van der Waals surface area contributed by atoms with Gasteiger partial charge in [-0.15, -0.1) is 0 Å². The van der Waals surface area contributed by atoms with Crippen molar-refractivity contribution in [2.45, 2.75) is 20.0 Å². The van der Waals surface area contributed by atoms with Crippen LogP contribution in [0.4, 0.5) is 11.5 Å². The molecular formula is C19H23N3O3. The van der Waals surface area contributed by atoms with E-state index in [1.54, 1.807) is 19.2 Å². The highest BCUT2D eigenvalue weighted by Crippen LogP contribution is 2.17. The maximum Gasteiger partial charge on any atom is 0.266 e. The van der Waals surface area contributed by atoms with Crippen molar-refractivity contribution in [3.63, 3.8) is 0 Å². The summed E-state index contributed by atoms with van der Waals surface area (Å²) < 4.78 is 11.0. The molecule has 1 amide bonds. The number of morpholine rings is 1. The summed E-state index contributed by atoms with van der Waals surface area (Å²) in [6.45, 7) is 6.89. The molecule has 6 heteroatoms. The van der Waals surface area contributed by atoms with Crippen LogP contribution in [0.3, 0.4) is 0 Å². The Balaban J connectivity index is 1.55. The van der Waals surface area contributed by atoms with Gasteiger partial charge in [0.25, 0.3) is 5.91 Å². The average Bonchev–Trinajstić information content (AvgIpc) is 2.65. The first kappa shape index (κ1) is 17.2. The van der Waals surface area contributed by atoms with Gasteiger partial charge < -0.3 is 19.7 Å². The third-order valence-electron chi connectivity index (χ3n) is 4.08. The molecule has 6 nitrogen and oxygen atoms in total. The van der Waals surface area contributed by atoms with Gasteiger partial charge in [-0.05, 0) is 38.1 Å². The number of nitrogens with one attached hydrogen (secondary N) is 1. The molecule has 1 saturated heterocycles. The van der Waals surface area contributed by atoms with Crippen molar-refractivity contribution in [1.82, 2.24) is 4.98 Å². The van der Waals surface area contributed by atoms with E-state index < -0.39 is 6.10 Å². The van der Waals surface area contributed by atoms with Crippen LogP contribution in [0, 0.1) is 6.92 Å². The van der Waals surface area contributed by atoms with Gasteiger partial charge in [-0.2, -0.15) is 0 Å². The minimum Gasteiger partial charge on any atom is -0.481 e. The molecule has 1 atom stereocenters. The summed E-state index contributed by atoms with van der Waals surface area (Å²) in [5, 5.41) is 2.79. The first-order valence-electron chi connectivity index (χ1n) is 8.45. The summed E-state index contributed by atoms with van der Waals surface area (Å²) in [7, 11) is 0. The molecule has 0 aliphatic carbocycles. The third kappa shape index (κ3) is 4.70. The minimum atomic E-state index is -0.608. The van der Waals surface area contributed by atoms with Crippen molar-refractivity contribution in [3.05, 3.63) is 48.2 Å². The molecule has 2 heterocycles. The van der Waals surface area contributed by atoms with E-state index in [0.29, 0.717) is 11.6 Å². The van der Waals surface area contributed by atoms with Crippen molar-refractivity contribution < 1.29 is 14.3 Å². The molecule has 3 rings (SSSR count). The second-order valence-corrected chi connectivity index (χ2v) is 6.06. The Labute approximate surface area is 147 Å². The summed E-state index contributed by atoms with van der Waals surface area (Å²) in [6.07, 6.45) is 1.16. The number of carbonyl (C=O) groups excluding carboxylic acids is 1. The van der Waals surface area contributed by atoms with E-state index >= 15 is 0 Å². The number of hydrogen-bond acceptors (Lipinski definition) is 5. The standard InChI is InChI=1S/C19H23N3O3/c1-14-3-6-17(7-4-14)25-15(2)19(23)21-18-8-5-16(13-20-18)22-9-11-24-12-10-22/h3-8,13,15H,9-12H2,1-2H3,(H,20,21,23). The molecule has 0 saturated carbocycles. The van der Waals surface area contributed by atoms with Crippen LogP contribution in [0.15, 0.2) is 42.6 Å². The van der Waals surface area contributed by atoms with E-state index in [1.165, 1.54) is 0 Å². The van der Waals surface area contributed by atoms with Gasteiger partial charge in [-0.1, -0.05) is 17.7 Å². The number of aromatic nitrogens is 1. The highest BCUT2D eigenvalue weighted by molar-refractivity contribution is 5.93. The zero-order valence-corrected chi connectivity index (χ0v) is 14.6. The van der Waals surface area contributed by atoms with Gasteiger partial charge in [0.05, 0.1) is 25.1 Å². The number of anilines is 2. The van der Waals surface area contributed by atoms with Gasteiger partial charge in [-0.25, -0.2) is 4.98 Å². The lowest BCUT2D eigenvalue weighted by molar-refractivity contribution is -0.122. The Bertz CT molecular complexity index is 695. The van der Waals surface area contributed by atoms with E-state index in [1.807, 2.05) is 37.3 Å². The number of pyridine rings is 1. The van der Waals surface area contributed by atoms with Crippen molar-refractivity contribution >= 4 is 17.4 Å². The number of carbonyl (C=O) groups is 1. The molecule has 1 fully saturated rings. The topological polar surface area (TPSA) is 63.7 Å². The first-order valence-corrected chi connectivity index (χ1v) is 8.45. The first-order chi connectivity index (χ1) is 12.1. The van der Waals surface area contributed by atoms with Crippen molar-refractivity contribution in [1.29, 1.82) is 0 Å². The third-order valence-corrected chi connectivity index (χ3v) is 4.08. The number of ether oxygens (including phenoxy) is 2. The van der Waals surface area contributed by atoms with Crippen LogP contribution in [0.5, 0.6) is 5.75 Å². The molecule has 0 radical (unpaired) electrons. The zero-order valence-electron chi connectivity index (χ0n) is 14.6. The highest BCUT2D eigenvalue weighted by atomic mass is 16.5. The molecule has 25 heavy (non-hydrogen) atoms. The molecule has 2 aromatic rings. The Hall–Kier alpha value is -2.60. The summed E-state index contributed by atoms with van der Waals surface area (Å²) >= 11 is 0. The number of nitrogens with zero attached hydrogens (tertiary/aromatic N) is 2. The molecular weight excluding hydrogens is 318 g/mol. The SMILES string of the molecule is Cc1ccc(OC(C)C(=O)Nc2ccc(N3CCOCC3)cn2)cc1. The van der Waals surface area contributed by atoms with Crippen LogP contribution < -0.4 is 15.0 Å². The van der Waals surface area contributed by atoms with Gasteiger partial charge in [-0.3, -0.25) is 4.79 Å². The summed E-state index contributed by atoms with van der Waals surface area (Å²) in [4.78, 5) is 18.8. The van der Waals surface area contributed by atoms with Gasteiger partial charge >= 0.3 is 0 Å². The van der Waals surface area contributed by atoms with Crippen LogP contribution in [-0.2, 0) is 9.53 Å². The Morgan fingerprint density at radius 2 is 1.92 bits per heavy atom. The molecule has 1 aliphatic rings. The minimum absolute atomic E-state index is 0.229. The molecule has 132 valence electrons. The average molecular weight is 341 g/mol. The van der Waals surface area contributed by atoms with Crippen molar-refractivity contribution in [3.8, 4) is 5.75 Å². The number of aryl methyl sites for hydroxylation is 1. The lowest BCUT2D eigenvalue weighted by Crippen LogP contribution is -2.36. The van der Waals surface area contributed by atoms with Crippen molar-refractivity contribution in [2.75, 3.05) is 36.5 Å². The highest BCUT2D eigenvalue weighted by Gasteiger charge is 2.16. The Kier molecular flexibility index (Phi) is 5.50. The molecule has 1 aromatic carbocycles. The Morgan fingerprint density at radius 1 is 1.20 bits per heavy atom. The largest absolute Gasteiger partial charge is 0.481 e. The number of rotatable bonds is 5. The number of hydrogen-bond donors (Lipinski definition) is 1. The summed E-state index contributed by atoms with van der Waals surface area (Å²) in [6, 6.07) is 11.4. The molecule has 0 bridgehead atoms. The fraction of sp³-hybridized carbons (Fsp3) is 0.368.